The number of rotatable bonds is 7. The molecule has 0 spiro atoms. The largest absolute Gasteiger partial charge is 0.330 e. The first-order valence-electron chi connectivity index (χ1n) is 9.85. The minimum absolute atomic E-state index is 0.0213. The summed E-state index contributed by atoms with van der Waals surface area (Å²) in [4.78, 5) is 18.8. The van der Waals surface area contributed by atoms with E-state index in [2.05, 4.69) is 20.3 Å². The maximum absolute atomic E-state index is 12.7. The Bertz CT molecular complexity index is 1190. The second-order valence-electron chi connectivity index (χ2n) is 6.92. The van der Waals surface area contributed by atoms with E-state index in [0.29, 0.717) is 29.2 Å². The summed E-state index contributed by atoms with van der Waals surface area (Å²) in [5, 5.41) is 13.1. The first-order chi connectivity index (χ1) is 15.1. The van der Waals surface area contributed by atoms with Gasteiger partial charge in [0, 0.05) is 24.8 Å². The molecule has 0 atom stereocenters. The highest BCUT2D eigenvalue weighted by atomic mass is 32.2. The van der Waals surface area contributed by atoms with Crippen LogP contribution in [0.15, 0.2) is 64.3 Å². The molecule has 31 heavy (non-hydrogen) atoms. The molecular formula is C22H22N6O2S. The molecule has 0 radical (unpaired) electrons. The predicted octanol–water partition coefficient (Wildman–Crippen LogP) is 4.08. The van der Waals surface area contributed by atoms with Crippen LogP contribution in [0.2, 0.25) is 0 Å². The highest BCUT2D eigenvalue weighted by Crippen LogP contribution is 2.26. The monoisotopic (exact) mass is 434 g/mol. The summed E-state index contributed by atoms with van der Waals surface area (Å²) in [6.45, 7) is 4.59. The summed E-state index contributed by atoms with van der Waals surface area (Å²) < 4.78 is 7.29. The van der Waals surface area contributed by atoms with E-state index in [4.69, 9.17) is 4.52 Å². The zero-order chi connectivity index (χ0) is 21.8. The Morgan fingerprint density at radius 2 is 1.94 bits per heavy atom. The molecule has 0 N–H and O–H groups in total. The molecule has 2 heterocycles. The average Bonchev–Trinajstić information content (AvgIpc) is 3.44. The summed E-state index contributed by atoms with van der Waals surface area (Å²) in [5.41, 5.74) is 2.83. The van der Waals surface area contributed by atoms with Crippen LogP contribution in [0.1, 0.15) is 12.5 Å². The molecule has 4 aromatic rings. The molecule has 0 fully saturated rings. The quantitative estimate of drug-likeness (QED) is 0.405. The van der Waals surface area contributed by atoms with Crippen LogP contribution in [0.4, 0.5) is 5.69 Å². The van der Waals surface area contributed by atoms with Crippen LogP contribution in [0, 0.1) is 6.92 Å². The van der Waals surface area contributed by atoms with Crippen molar-refractivity contribution < 1.29 is 9.32 Å². The van der Waals surface area contributed by atoms with Gasteiger partial charge in [0.2, 0.25) is 17.6 Å². The number of benzene rings is 2. The number of thioether (sulfide) groups is 1. The Labute approximate surface area is 184 Å². The lowest BCUT2D eigenvalue weighted by molar-refractivity contribution is -0.115. The van der Waals surface area contributed by atoms with Crippen molar-refractivity contribution in [2.45, 2.75) is 25.5 Å². The Kier molecular flexibility index (Phi) is 6.13. The van der Waals surface area contributed by atoms with E-state index in [9.17, 15) is 4.79 Å². The van der Waals surface area contributed by atoms with Gasteiger partial charge in [0.05, 0.1) is 5.75 Å². The van der Waals surface area contributed by atoms with E-state index in [1.165, 1.54) is 11.8 Å². The fraction of sp³-hybridized carbons (Fsp3) is 0.227. The van der Waals surface area contributed by atoms with Gasteiger partial charge in [-0.15, -0.1) is 10.2 Å². The van der Waals surface area contributed by atoms with Crippen LogP contribution in [0.3, 0.4) is 0 Å². The van der Waals surface area contributed by atoms with Gasteiger partial charge in [-0.05, 0) is 31.5 Å². The number of amides is 1. The van der Waals surface area contributed by atoms with Gasteiger partial charge in [0.1, 0.15) is 0 Å². The van der Waals surface area contributed by atoms with Crippen molar-refractivity contribution in [2.24, 2.45) is 0 Å². The van der Waals surface area contributed by atoms with Crippen molar-refractivity contribution in [1.82, 2.24) is 24.9 Å². The molecule has 0 unspecified atom stereocenters. The number of aromatic nitrogens is 5. The van der Waals surface area contributed by atoms with Crippen molar-refractivity contribution in [3.05, 3.63) is 60.2 Å². The normalized spacial score (nSPS) is 10.9. The number of hydrogen-bond acceptors (Lipinski definition) is 7. The fourth-order valence-corrected chi connectivity index (χ4v) is 3.98. The molecule has 158 valence electrons. The van der Waals surface area contributed by atoms with Crippen LogP contribution in [0.5, 0.6) is 0 Å². The second kappa shape index (κ2) is 9.13. The van der Waals surface area contributed by atoms with Gasteiger partial charge in [-0.1, -0.05) is 59.4 Å². The summed E-state index contributed by atoms with van der Waals surface area (Å²) in [6, 6.07) is 17.4. The molecule has 4 rings (SSSR count). The van der Waals surface area contributed by atoms with Crippen LogP contribution < -0.4 is 4.90 Å². The summed E-state index contributed by atoms with van der Waals surface area (Å²) >= 11 is 1.33. The summed E-state index contributed by atoms with van der Waals surface area (Å²) in [7, 11) is 1.77. The second-order valence-corrected chi connectivity index (χ2v) is 7.86. The third-order valence-electron chi connectivity index (χ3n) is 4.77. The van der Waals surface area contributed by atoms with E-state index >= 15 is 0 Å². The molecule has 0 aliphatic rings. The van der Waals surface area contributed by atoms with Gasteiger partial charge < -0.3 is 9.42 Å². The van der Waals surface area contributed by atoms with Crippen molar-refractivity contribution in [3.8, 4) is 23.1 Å². The number of nitrogens with zero attached hydrogens (tertiary/aromatic N) is 6. The first kappa shape index (κ1) is 20.8. The molecule has 0 aliphatic carbocycles. The van der Waals surface area contributed by atoms with Crippen LogP contribution in [-0.2, 0) is 11.3 Å². The zero-order valence-corrected chi connectivity index (χ0v) is 18.3. The maximum Gasteiger partial charge on any atom is 0.296 e. The molecular weight excluding hydrogens is 412 g/mol. The highest BCUT2D eigenvalue weighted by molar-refractivity contribution is 7.99. The van der Waals surface area contributed by atoms with Gasteiger partial charge in [-0.2, -0.15) is 4.98 Å². The van der Waals surface area contributed by atoms with Crippen LogP contribution in [-0.4, -0.2) is 43.6 Å². The third kappa shape index (κ3) is 4.51. The number of hydrogen-bond donors (Lipinski definition) is 0. The molecule has 0 saturated heterocycles. The van der Waals surface area contributed by atoms with E-state index in [1.807, 2.05) is 73.0 Å². The fourth-order valence-electron chi connectivity index (χ4n) is 3.06. The minimum atomic E-state index is -0.0213. The van der Waals surface area contributed by atoms with Crippen LogP contribution in [0.25, 0.3) is 23.1 Å². The Hall–Kier alpha value is -3.46. The highest BCUT2D eigenvalue weighted by Gasteiger charge is 2.21. The average molecular weight is 435 g/mol. The van der Waals surface area contributed by atoms with Gasteiger partial charge in [0.15, 0.2) is 5.16 Å². The molecule has 0 saturated carbocycles. The predicted molar refractivity (Wildman–Crippen MR) is 120 cm³/mol. The van der Waals surface area contributed by atoms with Gasteiger partial charge in [0.25, 0.3) is 5.89 Å². The lowest BCUT2D eigenvalue weighted by Crippen LogP contribution is -2.28. The van der Waals surface area contributed by atoms with E-state index in [-0.39, 0.29) is 11.7 Å². The molecule has 2 aromatic heterocycles. The minimum Gasteiger partial charge on any atom is -0.330 e. The number of aryl methyl sites for hydroxylation is 1. The lowest BCUT2D eigenvalue weighted by Gasteiger charge is -2.17. The number of carbonyl (C=O) groups excluding carboxylic acids is 1. The van der Waals surface area contributed by atoms with Gasteiger partial charge in [-0.3, -0.25) is 9.36 Å². The van der Waals surface area contributed by atoms with Crippen molar-refractivity contribution in [2.75, 3.05) is 17.7 Å². The van der Waals surface area contributed by atoms with Crippen molar-refractivity contribution in [1.29, 1.82) is 0 Å². The number of anilines is 1. The Morgan fingerprint density at radius 3 is 2.68 bits per heavy atom. The zero-order valence-electron chi connectivity index (χ0n) is 17.5. The topological polar surface area (TPSA) is 89.9 Å². The lowest BCUT2D eigenvalue weighted by atomic mass is 10.2. The third-order valence-corrected chi connectivity index (χ3v) is 5.72. The molecule has 0 aliphatic heterocycles. The molecule has 9 heteroatoms. The van der Waals surface area contributed by atoms with E-state index < -0.39 is 0 Å². The Balaban J connectivity index is 1.49. The van der Waals surface area contributed by atoms with Gasteiger partial charge >= 0.3 is 0 Å². The summed E-state index contributed by atoms with van der Waals surface area (Å²) in [6.07, 6.45) is 0. The van der Waals surface area contributed by atoms with Crippen molar-refractivity contribution >= 4 is 23.4 Å². The summed E-state index contributed by atoms with van der Waals surface area (Å²) in [5.74, 6) is 1.49. The van der Waals surface area contributed by atoms with E-state index in [0.717, 1.165) is 16.8 Å². The van der Waals surface area contributed by atoms with Gasteiger partial charge in [-0.25, -0.2) is 0 Å². The molecule has 1 amide bonds. The molecule has 8 nitrogen and oxygen atoms in total. The maximum atomic E-state index is 12.7. The standard InChI is InChI=1S/C22H22N6O2S/c1-4-28-20(21-23-19(26-30-21)16-10-6-5-7-11-16)24-25-22(28)31-14-18(29)27(3)17-12-8-9-15(2)13-17/h5-13H,4,14H2,1-3H3. The Morgan fingerprint density at radius 1 is 1.13 bits per heavy atom. The van der Waals surface area contributed by atoms with Crippen molar-refractivity contribution in [3.63, 3.8) is 0 Å². The molecule has 0 bridgehead atoms. The van der Waals surface area contributed by atoms with Crippen LogP contribution >= 0.6 is 11.8 Å². The van der Waals surface area contributed by atoms with E-state index in [1.54, 1.807) is 11.9 Å². The smallest absolute Gasteiger partial charge is 0.296 e. The number of carbonyl (C=O) groups is 1. The molecule has 2 aromatic carbocycles. The SMILES string of the molecule is CCn1c(SCC(=O)N(C)c2cccc(C)c2)nnc1-c1nc(-c2ccccc2)no1. The first-order valence-corrected chi connectivity index (χ1v) is 10.8.